The summed E-state index contributed by atoms with van der Waals surface area (Å²) in [4.78, 5) is 63.6. The lowest BCUT2D eigenvalue weighted by Gasteiger charge is -2.20. The first-order chi connectivity index (χ1) is 19.4. The standard InChI is InChI=1S/C29H25Cl2N3O7/c1-15(2)41-28(39)22(32-25(35)24-20(30)5-4-6-21(24)31)13-16-7-10-18(11-8-16)34-26(36)19-14-17(27(37)38)9-12-23(19)33(3)29(34)40/h4-12,14-15,22H,13H2,1-3H3,(H,32,35)(H,37,38). The molecule has 0 aliphatic rings. The molecule has 0 saturated heterocycles. The van der Waals surface area contributed by atoms with Crippen molar-refractivity contribution in [3.63, 3.8) is 0 Å². The van der Waals surface area contributed by atoms with Gasteiger partial charge in [0.2, 0.25) is 0 Å². The van der Waals surface area contributed by atoms with Crippen molar-refractivity contribution in [3.8, 4) is 5.69 Å². The number of halogens is 2. The van der Waals surface area contributed by atoms with Crippen LogP contribution in [0, 0.1) is 0 Å². The van der Waals surface area contributed by atoms with Gasteiger partial charge in [0.1, 0.15) is 6.04 Å². The van der Waals surface area contributed by atoms with Gasteiger partial charge in [-0.15, -0.1) is 0 Å². The van der Waals surface area contributed by atoms with E-state index in [-0.39, 0.29) is 38.7 Å². The van der Waals surface area contributed by atoms with E-state index in [1.54, 1.807) is 32.0 Å². The number of hydrogen-bond donors (Lipinski definition) is 2. The van der Waals surface area contributed by atoms with Crippen LogP contribution in [0.5, 0.6) is 0 Å². The van der Waals surface area contributed by atoms with Gasteiger partial charge >= 0.3 is 17.6 Å². The minimum atomic E-state index is -1.20. The van der Waals surface area contributed by atoms with E-state index in [2.05, 4.69) is 5.32 Å². The molecule has 1 atom stereocenters. The average Bonchev–Trinajstić information content (AvgIpc) is 2.91. The average molecular weight is 598 g/mol. The number of fused-ring (bicyclic) bond motifs is 1. The van der Waals surface area contributed by atoms with Crippen LogP contribution in [0.4, 0.5) is 0 Å². The van der Waals surface area contributed by atoms with Crippen molar-refractivity contribution >= 4 is 52.0 Å². The lowest BCUT2D eigenvalue weighted by atomic mass is 10.0. The Kier molecular flexibility index (Phi) is 8.65. The minimum absolute atomic E-state index is 0.0195. The van der Waals surface area contributed by atoms with Crippen molar-refractivity contribution in [1.29, 1.82) is 0 Å². The molecule has 2 N–H and O–H groups in total. The molecular formula is C29H25Cl2N3O7. The summed E-state index contributed by atoms with van der Waals surface area (Å²) in [6.45, 7) is 3.36. The summed E-state index contributed by atoms with van der Waals surface area (Å²) in [6.07, 6.45) is -0.419. The fourth-order valence-electron chi connectivity index (χ4n) is 4.29. The number of nitrogens with one attached hydrogen (secondary N) is 1. The highest BCUT2D eigenvalue weighted by molar-refractivity contribution is 6.39. The van der Waals surface area contributed by atoms with E-state index in [1.807, 2.05) is 0 Å². The predicted octanol–water partition coefficient (Wildman–Crippen LogP) is 3.99. The summed E-state index contributed by atoms with van der Waals surface area (Å²) in [6, 6.07) is 13.7. The van der Waals surface area contributed by atoms with E-state index >= 15 is 0 Å². The predicted molar refractivity (Wildman–Crippen MR) is 154 cm³/mol. The lowest BCUT2D eigenvalue weighted by molar-refractivity contribution is -0.149. The highest BCUT2D eigenvalue weighted by Crippen LogP contribution is 2.24. The van der Waals surface area contributed by atoms with Crippen molar-refractivity contribution in [2.45, 2.75) is 32.4 Å². The number of aromatic carboxylic acids is 1. The van der Waals surface area contributed by atoms with Gasteiger partial charge in [0.05, 0.1) is 43.9 Å². The zero-order chi connectivity index (χ0) is 30.0. The highest BCUT2D eigenvalue weighted by Gasteiger charge is 2.26. The smallest absolute Gasteiger partial charge is 0.335 e. The molecule has 4 aromatic rings. The summed E-state index contributed by atoms with van der Waals surface area (Å²) >= 11 is 12.3. The minimum Gasteiger partial charge on any atom is -0.478 e. The maximum Gasteiger partial charge on any atom is 0.335 e. The van der Waals surface area contributed by atoms with Gasteiger partial charge in [-0.05, 0) is 61.9 Å². The molecule has 0 aliphatic carbocycles. The van der Waals surface area contributed by atoms with E-state index < -0.39 is 41.2 Å². The van der Waals surface area contributed by atoms with Crippen LogP contribution in [0.25, 0.3) is 16.6 Å². The number of aryl methyl sites for hydroxylation is 1. The summed E-state index contributed by atoms with van der Waals surface area (Å²) in [5.41, 5.74) is -0.264. The first kappa shape index (κ1) is 29.6. The zero-order valence-electron chi connectivity index (χ0n) is 22.2. The topological polar surface area (TPSA) is 137 Å². The maximum atomic E-state index is 13.3. The summed E-state index contributed by atoms with van der Waals surface area (Å²) < 4.78 is 7.52. The quantitative estimate of drug-likeness (QED) is 0.293. The Morgan fingerprint density at radius 1 is 0.976 bits per heavy atom. The van der Waals surface area contributed by atoms with Gasteiger partial charge < -0.3 is 15.2 Å². The van der Waals surface area contributed by atoms with Crippen molar-refractivity contribution in [1.82, 2.24) is 14.5 Å². The monoisotopic (exact) mass is 597 g/mol. The molecule has 1 amide bonds. The Morgan fingerprint density at radius 2 is 1.61 bits per heavy atom. The van der Waals surface area contributed by atoms with E-state index in [9.17, 15) is 29.1 Å². The Balaban J connectivity index is 1.68. The molecule has 41 heavy (non-hydrogen) atoms. The molecule has 4 rings (SSSR count). The number of nitrogens with zero attached hydrogens (tertiary/aromatic N) is 2. The second-order valence-electron chi connectivity index (χ2n) is 9.50. The van der Waals surface area contributed by atoms with E-state index in [4.69, 9.17) is 27.9 Å². The Bertz CT molecular complexity index is 1770. The van der Waals surface area contributed by atoms with Gasteiger partial charge in [0.15, 0.2) is 0 Å². The molecule has 1 heterocycles. The number of benzene rings is 3. The molecule has 1 aromatic heterocycles. The number of aromatic nitrogens is 2. The number of rotatable bonds is 8. The molecule has 3 aromatic carbocycles. The van der Waals surface area contributed by atoms with Crippen LogP contribution < -0.4 is 16.6 Å². The number of ether oxygens (including phenoxy) is 1. The van der Waals surface area contributed by atoms with E-state index in [0.717, 1.165) is 4.57 Å². The first-order valence-electron chi connectivity index (χ1n) is 12.4. The van der Waals surface area contributed by atoms with E-state index in [1.165, 1.54) is 54.1 Å². The lowest BCUT2D eigenvalue weighted by Crippen LogP contribution is -2.44. The highest BCUT2D eigenvalue weighted by atomic mass is 35.5. The van der Waals surface area contributed by atoms with Crippen molar-refractivity contribution in [2.75, 3.05) is 0 Å². The SMILES string of the molecule is CC(C)OC(=O)C(Cc1ccc(-n2c(=O)c3cc(C(=O)O)ccc3n(C)c2=O)cc1)NC(=O)c1c(Cl)cccc1Cl. The normalized spacial score (nSPS) is 11.9. The number of hydrogen-bond acceptors (Lipinski definition) is 6. The van der Waals surface area contributed by atoms with Crippen LogP contribution in [0.3, 0.4) is 0 Å². The van der Waals surface area contributed by atoms with Gasteiger partial charge in [0, 0.05) is 13.5 Å². The van der Waals surface area contributed by atoms with Gasteiger partial charge in [-0.3, -0.25) is 14.2 Å². The number of carboxylic acid groups (broad SMARTS) is 1. The van der Waals surface area contributed by atoms with Gasteiger partial charge in [-0.1, -0.05) is 41.4 Å². The summed E-state index contributed by atoms with van der Waals surface area (Å²) in [5.74, 6) is -2.53. The maximum absolute atomic E-state index is 13.3. The summed E-state index contributed by atoms with van der Waals surface area (Å²) in [7, 11) is 1.48. The molecule has 1 unspecified atom stereocenters. The van der Waals surface area contributed by atoms with Gasteiger partial charge in [0.25, 0.3) is 11.5 Å². The molecule has 12 heteroatoms. The molecule has 0 bridgehead atoms. The van der Waals surface area contributed by atoms with E-state index in [0.29, 0.717) is 11.1 Å². The van der Waals surface area contributed by atoms with Crippen LogP contribution in [0.1, 0.15) is 40.1 Å². The molecule has 10 nitrogen and oxygen atoms in total. The number of carboxylic acids is 1. The fraction of sp³-hybridized carbons (Fsp3) is 0.207. The first-order valence-corrected chi connectivity index (χ1v) is 13.2. The number of amides is 1. The second-order valence-corrected chi connectivity index (χ2v) is 10.3. The van der Waals surface area contributed by atoms with Crippen molar-refractivity contribution < 1.29 is 24.2 Å². The molecule has 0 saturated carbocycles. The largest absolute Gasteiger partial charge is 0.478 e. The van der Waals surface area contributed by atoms with Crippen LogP contribution in [0.2, 0.25) is 10.0 Å². The molecule has 0 fully saturated rings. The zero-order valence-corrected chi connectivity index (χ0v) is 23.7. The third-order valence-corrected chi connectivity index (χ3v) is 6.91. The third kappa shape index (κ3) is 6.18. The second kappa shape index (κ2) is 12.0. The van der Waals surface area contributed by atoms with Crippen molar-refractivity contribution in [2.24, 2.45) is 7.05 Å². The Labute approximate surface area is 243 Å². The van der Waals surface area contributed by atoms with Crippen LogP contribution in [0.15, 0.2) is 70.3 Å². The molecule has 212 valence electrons. The van der Waals surface area contributed by atoms with Gasteiger partial charge in [-0.25, -0.2) is 19.0 Å². The number of carbonyl (C=O) groups is 3. The molecule has 0 spiro atoms. The van der Waals surface area contributed by atoms with Crippen molar-refractivity contribution in [3.05, 3.63) is 108 Å². The Morgan fingerprint density at radius 3 is 2.20 bits per heavy atom. The Hall–Kier alpha value is -4.41. The third-order valence-electron chi connectivity index (χ3n) is 6.28. The van der Waals surface area contributed by atoms with Crippen LogP contribution >= 0.6 is 23.2 Å². The fourth-order valence-corrected chi connectivity index (χ4v) is 4.86. The van der Waals surface area contributed by atoms with Crippen LogP contribution in [-0.2, 0) is 23.0 Å². The molecule has 0 radical (unpaired) electrons. The number of esters is 1. The summed E-state index contributed by atoms with van der Waals surface area (Å²) in [5, 5.41) is 12.3. The van der Waals surface area contributed by atoms with Crippen LogP contribution in [-0.4, -0.2) is 44.2 Å². The van der Waals surface area contributed by atoms with Gasteiger partial charge in [-0.2, -0.15) is 0 Å². The molecular weight excluding hydrogens is 573 g/mol. The number of carbonyl (C=O) groups excluding carboxylic acids is 2. The molecule has 0 aliphatic heterocycles.